The van der Waals surface area contributed by atoms with E-state index in [1.165, 1.54) is 12.1 Å². The van der Waals surface area contributed by atoms with E-state index in [4.69, 9.17) is 11.6 Å². The van der Waals surface area contributed by atoms with Crippen LogP contribution in [0.5, 0.6) is 0 Å². The van der Waals surface area contributed by atoms with Crippen LogP contribution in [-0.4, -0.2) is 21.9 Å². The molecule has 7 heteroatoms. The summed E-state index contributed by atoms with van der Waals surface area (Å²) in [7, 11) is 0. The lowest BCUT2D eigenvalue weighted by Gasteiger charge is -2.08. The average Bonchev–Trinajstić information content (AvgIpc) is 3.13. The van der Waals surface area contributed by atoms with E-state index in [1.807, 2.05) is 47.5 Å². The normalized spacial score (nSPS) is 11.0. The zero-order valence-corrected chi connectivity index (χ0v) is 17.8. The molecular formula is C23H19ClFN3OS. The van der Waals surface area contributed by atoms with E-state index >= 15 is 0 Å². The molecule has 1 heterocycles. The van der Waals surface area contributed by atoms with Gasteiger partial charge in [-0.15, -0.1) is 11.8 Å². The molecule has 0 bridgehead atoms. The number of nitrogens with zero attached hydrogens (tertiary/aromatic N) is 2. The topological polar surface area (TPSA) is 46.9 Å². The van der Waals surface area contributed by atoms with Crippen LogP contribution < -0.4 is 5.32 Å². The molecule has 0 aliphatic heterocycles. The van der Waals surface area contributed by atoms with E-state index in [1.54, 1.807) is 30.0 Å². The van der Waals surface area contributed by atoms with Crippen LogP contribution >= 0.6 is 23.4 Å². The highest BCUT2D eigenvalue weighted by atomic mass is 35.5. The summed E-state index contributed by atoms with van der Waals surface area (Å²) in [4.78, 5) is 13.5. The molecule has 1 N–H and O–H groups in total. The number of thioether (sulfide) groups is 1. The van der Waals surface area contributed by atoms with Crippen molar-refractivity contribution in [1.82, 2.24) is 9.78 Å². The number of carbonyl (C=O) groups excluding carboxylic acids is 1. The average molecular weight is 440 g/mol. The van der Waals surface area contributed by atoms with Gasteiger partial charge in [0.2, 0.25) is 5.91 Å². The molecule has 0 spiro atoms. The Morgan fingerprint density at radius 1 is 1.17 bits per heavy atom. The Hall–Kier alpha value is -2.83. The fourth-order valence-corrected chi connectivity index (χ4v) is 4.08. The monoisotopic (exact) mass is 439 g/mol. The van der Waals surface area contributed by atoms with Crippen LogP contribution in [0.3, 0.4) is 0 Å². The van der Waals surface area contributed by atoms with Gasteiger partial charge >= 0.3 is 0 Å². The van der Waals surface area contributed by atoms with Crippen LogP contribution in [0.4, 0.5) is 10.1 Å². The van der Waals surface area contributed by atoms with Crippen LogP contribution in [0.25, 0.3) is 10.9 Å². The van der Waals surface area contributed by atoms with Crippen molar-refractivity contribution in [2.45, 2.75) is 17.9 Å². The first-order valence-corrected chi connectivity index (χ1v) is 10.9. The molecule has 3 aromatic carbocycles. The summed E-state index contributed by atoms with van der Waals surface area (Å²) >= 11 is 7.75. The molecule has 0 aliphatic carbocycles. The van der Waals surface area contributed by atoms with Gasteiger partial charge in [0, 0.05) is 27.2 Å². The summed E-state index contributed by atoms with van der Waals surface area (Å²) in [6.45, 7) is 0.539. The van der Waals surface area contributed by atoms with Crippen molar-refractivity contribution in [2.24, 2.45) is 0 Å². The predicted octanol–water partition coefficient (Wildman–Crippen LogP) is 5.78. The second-order valence-corrected chi connectivity index (χ2v) is 8.14. The van der Waals surface area contributed by atoms with Gasteiger partial charge < -0.3 is 5.32 Å². The molecule has 4 nitrogen and oxygen atoms in total. The zero-order valence-electron chi connectivity index (χ0n) is 16.2. The van der Waals surface area contributed by atoms with E-state index in [0.29, 0.717) is 17.3 Å². The van der Waals surface area contributed by atoms with Crippen molar-refractivity contribution in [3.8, 4) is 0 Å². The molecule has 0 saturated carbocycles. The number of carbonyl (C=O) groups is 1. The fraction of sp³-hybridized carbons (Fsp3) is 0.130. The van der Waals surface area contributed by atoms with Gasteiger partial charge in [0.1, 0.15) is 5.82 Å². The van der Waals surface area contributed by atoms with Crippen molar-refractivity contribution >= 4 is 45.9 Å². The lowest BCUT2D eigenvalue weighted by atomic mass is 10.1. The van der Waals surface area contributed by atoms with Crippen molar-refractivity contribution in [3.63, 3.8) is 0 Å². The lowest BCUT2D eigenvalue weighted by molar-refractivity contribution is -0.115. The Morgan fingerprint density at radius 2 is 1.93 bits per heavy atom. The van der Waals surface area contributed by atoms with Gasteiger partial charge in [0.05, 0.1) is 18.5 Å². The first-order chi connectivity index (χ1) is 14.5. The molecule has 4 aromatic rings. The molecule has 0 aliphatic rings. The van der Waals surface area contributed by atoms with Crippen molar-refractivity contribution < 1.29 is 9.18 Å². The quantitative estimate of drug-likeness (QED) is 0.387. The van der Waals surface area contributed by atoms with Crippen LogP contribution in [-0.2, 0) is 17.8 Å². The summed E-state index contributed by atoms with van der Waals surface area (Å²) in [5.41, 5.74) is 3.22. The number of hydrogen-bond donors (Lipinski definition) is 1. The summed E-state index contributed by atoms with van der Waals surface area (Å²) in [5, 5.41) is 9.17. The minimum atomic E-state index is -0.258. The van der Waals surface area contributed by atoms with E-state index in [-0.39, 0.29) is 18.1 Å². The molecule has 1 amide bonds. The first-order valence-electron chi connectivity index (χ1n) is 9.35. The Balaban J connectivity index is 1.56. The van der Waals surface area contributed by atoms with Crippen molar-refractivity contribution in [2.75, 3.05) is 11.6 Å². The zero-order chi connectivity index (χ0) is 21.1. The third-order valence-corrected chi connectivity index (χ3v) is 5.85. The van der Waals surface area contributed by atoms with Gasteiger partial charge in [-0.25, -0.2) is 4.39 Å². The second-order valence-electron chi connectivity index (χ2n) is 6.88. The largest absolute Gasteiger partial charge is 0.326 e. The fourth-order valence-electron chi connectivity index (χ4n) is 3.26. The number of fused-ring (bicyclic) bond motifs is 1. The van der Waals surface area contributed by atoms with E-state index in [0.717, 1.165) is 26.9 Å². The van der Waals surface area contributed by atoms with Crippen LogP contribution in [0.15, 0.2) is 71.8 Å². The van der Waals surface area contributed by atoms with Gasteiger partial charge in [-0.2, -0.15) is 5.10 Å². The number of aromatic nitrogens is 2. The van der Waals surface area contributed by atoms with E-state index < -0.39 is 0 Å². The standard InChI is InChI=1S/C23H19ClFN3OS/c1-30-22-12-18(26-23(29)10-16-4-2-3-5-20(16)24)11-21-19(22)14-28(27-21)13-15-6-8-17(25)9-7-15/h2-9,11-12,14H,10,13H2,1H3,(H,26,29). The van der Waals surface area contributed by atoms with E-state index in [9.17, 15) is 9.18 Å². The van der Waals surface area contributed by atoms with Gasteiger partial charge in [0.25, 0.3) is 0 Å². The lowest BCUT2D eigenvalue weighted by Crippen LogP contribution is -2.14. The first kappa shape index (κ1) is 20.4. The molecule has 0 saturated heterocycles. The minimum Gasteiger partial charge on any atom is -0.326 e. The Labute approximate surface area is 183 Å². The molecule has 152 valence electrons. The minimum absolute atomic E-state index is 0.139. The number of amides is 1. The maximum absolute atomic E-state index is 13.1. The number of nitrogens with one attached hydrogen (secondary N) is 1. The molecule has 0 atom stereocenters. The third kappa shape index (κ3) is 4.66. The number of hydrogen-bond acceptors (Lipinski definition) is 3. The van der Waals surface area contributed by atoms with Crippen LogP contribution in [0, 0.1) is 5.82 Å². The molecule has 0 radical (unpaired) electrons. The second kappa shape index (κ2) is 8.90. The maximum atomic E-state index is 13.1. The Bertz CT molecular complexity index is 1210. The van der Waals surface area contributed by atoms with Gasteiger partial charge in [-0.05, 0) is 47.7 Å². The van der Waals surface area contributed by atoms with E-state index in [2.05, 4.69) is 10.4 Å². The van der Waals surface area contributed by atoms with Crippen LogP contribution in [0.1, 0.15) is 11.1 Å². The number of benzene rings is 3. The highest BCUT2D eigenvalue weighted by Crippen LogP contribution is 2.30. The molecule has 0 fully saturated rings. The third-order valence-electron chi connectivity index (χ3n) is 4.70. The SMILES string of the molecule is CSc1cc(NC(=O)Cc2ccccc2Cl)cc2nn(Cc3ccc(F)cc3)cc12. The Kier molecular flexibility index (Phi) is 6.06. The van der Waals surface area contributed by atoms with Gasteiger partial charge in [-0.1, -0.05) is 41.9 Å². The number of halogens is 2. The molecule has 30 heavy (non-hydrogen) atoms. The number of anilines is 1. The van der Waals surface area contributed by atoms with Crippen molar-refractivity contribution in [1.29, 1.82) is 0 Å². The highest BCUT2D eigenvalue weighted by molar-refractivity contribution is 7.98. The number of rotatable bonds is 6. The Morgan fingerprint density at radius 3 is 2.67 bits per heavy atom. The van der Waals surface area contributed by atoms with Crippen LogP contribution in [0.2, 0.25) is 5.02 Å². The predicted molar refractivity (Wildman–Crippen MR) is 121 cm³/mol. The van der Waals surface area contributed by atoms with Crippen molar-refractivity contribution in [3.05, 3.63) is 88.8 Å². The maximum Gasteiger partial charge on any atom is 0.228 e. The molecular weight excluding hydrogens is 421 g/mol. The summed E-state index contributed by atoms with van der Waals surface area (Å²) < 4.78 is 15.0. The van der Waals surface area contributed by atoms with Gasteiger partial charge in [0.15, 0.2) is 0 Å². The van der Waals surface area contributed by atoms with Gasteiger partial charge in [-0.3, -0.25) is 9.48 Å². The smallest absolute Gasteiger partial charge is 0.228 e. The summed E-state index contributed by atoms with van der Waals surface area (Å²) in [6.07, 6.45) is 4.16. The molecule has 4 rings (SSSR count). The molecule has 1 aromatic heterocycles. The summed E-state index contributed by atoms with van der Waals surface area (Å²) in [6, 6.07) is 17.5. The summed E-state index contributed by atoms with van der Waals surface area (Å²) in [5.74, 6) is -0.397. The highest BCUT2D eigenvalue weighted by Gasteiger charge is 2.12. The molecule has 0 unspecified atom stereocenters.